The number of benzene rings is 1. The van der Waals surface area contributed by atoms with Crippen LogP contribution in [0.1, 0.15) is 31.7 Å². The molecule has 18 heavy (non-hydrogen) atoms. The second-order valence-corrected chi connectivity index (χ2v) is 6.20. The Morgan fingerprint density at radius 1 is 1.50 bits per heavy atom. The zero-order valence-electron chi connectivity index (χ0n) is 10.6. The van der Waals surface area contributed by atoms with Gasteiger partial charge in [-0.1, -0.05) is 41.8 Å². The van der Waals surface area contributed by atoms with E-state index in [1.54, 1.807) is 0 Å². The summed E-state index contributed by atoms with van der Waals surface area (Å²) in [6.07, 6.45) is 4.36. The molecule has 1 aromatic rings. The molecule has 3 atom stereocenters. The van der Waals surface area contributed by atoms with Gasteiger partial charge < -0.3 is 0 Å². The summed E-state index contributed by atoms with van der Waals surface area (Å²) in [5.74, 6) is 6.73. The number of rotatable bonds is 4. The highest BCUT2D eigenvalue weighted by molar-refractivity contribution is 9.10. The van der Waals surface area contributed by atoms with Gasteiger partial charge in [-0.25, -0.2) is 4.39 Å². The minimum Gasteiger partial charge on any atom is -0.271 e. The summed E-state index contributed by atoms with van der Waals surface area (Å²) in [6.45, 7) is 2.26. The highest BCUT2D eigenvalue weighted by Crippen LogP contribution is 2.34. The Hall–Kier alpha value is -0.450. The van der Waals surface area contributed by atoms with Crippen LogP contribution in [0.4, 0.5) is 4.39 Å². The molecule has 2 rings (SSSR count). The van der Waals surface area contributed by atoms with Crippen molar-refractivity contribution in [3.05, 3.63) is 34.1 Å². The third-order valence-corrected chi connectivity index (χ3v) is 4.61. The quantitative estimate of drug-likeness (QED) is 0.660. The minimum absolute atomic E-state index is 0.157. The molecule has 1 saturated carbocycles. The summed E-state index contributed by atoms with van der Waals surface area (Å²) >= 11 is 3.28. The fourth-order valence-corrected chi connectivity index (χ4v) is 3.36. The van der Waals surface area contributed by atoms with Crippen molar-refractivity contribution in [1.82, 2.24) is 5.43 Å². The molecule has 0 heterocycles. The van der Waals surface area contributed by atoms with Gasteiger partial charge in [-0.2, -0.15) is 0 Å². The minimum atomic E-state index is -0.157. The van der Waals surface area contributed by atoms with Crippen molar-refractivity contribution in [2.75, 3.05) is 0 Å². The number of nitrogens with two attached hydrogens (primary N) is 1. The van der Waals surface area contributed by atoms with Crippen LogP contribution >= 0.6 is 15.9 Å². The van der Waals surface area contributed by atoms with Gasteiger partial charge in [0.25, 0.3) is 0 Å². The highest BCUT2D eigenvalue weighted by atomic mass is 79.9. The zero-order valence-corrected chi connectivity index (χ0v) is 12.2. The number of hydrazine groups is 1. The molecule has 0 radical (unpaired) electrons. The van der Waals surface area contributed by atoms with Gasteiger partial charge >= 0.3 is 0 Å². The lowest BCUT2D eigenvalue weighted by Gasteiger charge is -2.26. The summed E-state index contributed by atoms with van der Waals surface area (Å²) in [6, 6.07) is 5.40. The van der Waals surface area contributed by atoms with Gasteiger partial charge in [0.1, 0.15) is 5.82 Å². The van der Waals surface area contributed by atoms with Gasteiger partial charge in [0.05, 0.1) is 0 Å². The molecule has 1 aliphatic rings. The molecular formula is C14H20BrFN2. The molecule has 0 spiro atoms. The molecule has 0 aromatic heterocycles. The van der Waals surface area contributed by atoms with Crippen LogP contribution in [0.15, 0.2) is 22.7 Å². The smallest absolute Gasteiger partial charge is 0.127 e. The van der Waals surface area contributed by atoms with Crippen LogP contribution in [-0.4, -0.2) is 6.04 Å². The standard InChI is InChI=1S/C14H20BrFN2/c1-9-3-2-4-12(9)14(18-17)7-10-5-6-11(15)8-13(10)16/h5-6,8-9,12,14,18H,2-4,7,17H2,1H3. The predicted molar refractivity (Wildman–Crippen MR) is 75.4 cm³/mol. The molecule has 3 N–H and O–H groups in total. The number of hydrogen-bond acceptors (Lipinski definition) is 2. The summed E-state index contributed by atoms with van der Waals surface area (Å²) in [7, 11) is 0. The van der Waals surface area contributed by atoms with Crippen molar-refractivity contribution in [3.63, 3.8) is 0 Å². The van der Waals surface area contributed by atoms with Crippen molar-refractivity contribution < 1.29 is 4.39 Å². The van der Waals surface area contributed by atoms with Gasteiger partial charge in [0.15, 0.2) is 0 Å². The van der Waals surface area contributed by atoms with E-state index in [4.69, 9.17) is 5.84 Å². The largest absolute Gasteiger partial charge is 0.271 e. The topological polar surface area (TPSA) is 38.0 Å². The zero-order chi connectivity index (χ0) is 13.1. The summed E-state index contributed by atoms with van der Waals surface area (Å²) in [4.78, 5) is 0. The van der Waals surface area contributed by atoms with E-state index in [0.29, 0.717) is 18.3 Å². The van der Waals surface area contributed by atoms with Crippen LogP contribution < -0.4 is 11.3 Å². The van der Waals surface area contributed by atoms with Gasteiger partial charge in [-0.05, 0) is 42.4 Å². The number of hydrogen-bond donors (Lipinski definition) is 2. The fraction of sp³-hybridized carbons (Fsp3) is 0.571. The molecule has 1 fully saturated rings. The van der Waals surface area contributed by atoms with E-state index in [1.165, 1.54) is 25.3 Å². The van der Waals surface area contributed by atoms with E-state index >= 15 is 0 Å². The fourth-order valence-electron chi connectivity index (χ4n) is 3.03. The maximum Gasteiger partial charge on any atom is 0.127 e. The van der Waals surface area contributed by atoms with E-state index in [-0.39, 0.29) is 11.9 Å². The number of nitrogens with one attached hydrogen (secondary N) is 1. The Labute approximate surface area is 116 Å². The van der Waals surface area contributed by atoms with Gasteiger partial charge in [0.2, 0.25) is 0 Å². The van der Waals surface area contributed by atoms with Crippen molar-refractivity contribution in [2.45, 2.75) is 38.6 Å². The molecule has 0 amide bonds. The molecule has 3 unspecified atom stereocenters. The third kappa shape index (κ3) is 3.11. The predicted octanol–water partition coefficient (Wildman–Crippen LogP) is 3.40. The van der Waals surface area contributed by atoms with Crippen molar-refractivity contribution in [2.24, 2.45) is 17.7 Å². The van der Waals surface area contributed by atoms with Crippen LogP contribution in [0.3, 0.4) is 0 Å². The Morgan fingerprint density at radius 2 is 2.28 bits per heavy atom. The first-order chi connectivity index (χ1) is 8.61. The monoisotopic (exact) mass is 314 g/mol. The van der Waals surface area contributed by atoms with Gasteiger partial charge in [0, 0.05) is 10.5 Å². The molecule has 1 aliphatic carbocycles. The van der Waals surface area contributed by atoms with Crippen molar-refractivity contribution in [1.29, 1.82) is 0 Å². The second kappa shape index (κ2) is 6.13. The van der Waals surface area contributed by atoms with E-state index < -0.39 is 0 Å². The molecule has 4 heteroatoms. The molecule has 2 nitrogen and oxygen atoms in total. The molecule has 1 aromatic carbocycles. The SMILES string of the molecule is CC1CCCC1C(Cc1ccc(Br)cc1F)NN. The lowest BCUT2D eigenvalue weighted by Crippen LogP contribution is -2.43. The van der Waals surface area contributed by atoms with Crippen LogP contribution in [0, 0.1) is 17.7 Å². The Morgan fingerprint density at radius 3 is 2.83 bits per heavy atom. The lowest BCUT2D eigenvalue weighted by molar-refractivity contribution is 0.295. The third-order valence-electron chi connectivity index (χ3n) is 4.11. The average Bonchev–Trinajstić information content (AvgIpc) is 2.75. The van der Waals surface area contributed by atoms with Crippen LogP contribution in [0.5, 0.6) is 0 Å². The van der Waals surface area contributed by atoms with Gasteiger partial charge in [-0.15, -0.1) is 0 Å². The Bertz CT molecular complexity index is 411. The first-order valence-electron chi connectivity index (χ1n) is 6.52. The molecule has 0 saturated heterocycles. The molecular weight excluding hydrogens is 295 g/mol. The van der Waals surface area contributed by atoms with Crippen molar-refractivity contribution in [3.8, 4) is 0 Å². The highest BCUT2D eigenvalue weighted by Gasteiger charge is 2.30. The maximum absolute atomic E-state index is 13.8. The van der Waals surface area contributed by atoms with Gasteiger partial charge in [-0.3, -0.25) is 11.3 Å². The first-order valence-corrected chi connectivity index (χ1v) is 7.31. The van der Waals surface area contributed by atoms with Crippen LogP contribution in [0.25, 0.3) is 0 Å². The maximum atomic E-state index is 13.8. The first kappa shape index (κ1) is 14.0. The van der Waals surface area contributed by atoms with E-state index in [2.05, 4.69) is 28.3 Å². The van der Waals surface area contributed by atoms with Crippen LogP contribution in [0.2, 0.25) is 0 Å². The average molecular weight is 315 g/mol. The molecule has 100 valence electrons. The Kier molecular flexibility index (Phi) is 4.76. The second-order valence-electron chi connectivity index (χ2n) is 5.29. The lowest BCUT2D eigenvalue weighted by atomic mass is 9.87. The summed E-state index contributed by atoms with van der Waals surface area (Å²) < 4.78 is 14.6. The molecule has 0 aliphatic heterocycles. The summed E-state index contributed by atoms with van der Waals surface area (Å²) in [5.41, 5.74) is 3.62. The Balaban J connectivity index is 2.10. The molecule has 0 bridgehead atoms. The van der Waals surface area contributed by atoms with Crippen molar-refractivity contribution >= 4 is 15.9 Å². The van der Waals surface area contributed by atoms with Crippen LogP contribution in [-0.2, 0) is 6.42 Å². The van der Waals surface area contributed by atoms with E-state index in [9.17, 15) is 4.39 Å². The summed E-state index contributed by atoms with van der Waals surface area (Å²) in [5, 5.41) is 0. The van der Waals surface area contributed by atoms with E-state index in [1.807, 2.05) is 12.1 Å². The normalized spacial score (nSPS) is 25.3. The van der Waals surface area contributed by atoms with E-state index in [0.717, 1.165) is 10.0 Å². The number of halogens is 2.